The number of amides is 1. The van der Waals surface area contributed by atoms with Crippen molar-refractivity contribution in [3.63, 3.8) is 0 Å². The van der Waals surface area contributed by atoms with E-state index in [-0.39, 0.29) is 11.2 Å². The summed E-state index contributed by atoms with van der Waals surface area (Å²) in [5.74, 6) is 0.870. The van der Waals surface area contributed by atoms with E-state index in [0.717, 1.165) is 22.3 Å². The van der Waals surface area contributed by atoms with Crippen molar-refractivity contribution in [2.24, 2.45) is 0 Å². The first-order valence-electron chi connectivity index (χ1n) is 8.12. The second-order valence-electron chi connectivity index (χ2n) is 5.72. The van der Waals surface area contributed by atoms with Crippen LogP contribution in [0.2, 0.25) is 0 Å². The SMILES string of the molecule is Cc1csc(N(C(=O)C(C)SCc2ccccc2)c2ccccc2)n1. The first kappa shape index (κ1) is 17.7. The lowest BCUT2D eigenvalue weighted by atomic mass is 10.2. The summed E-state index contributed by atoms with van der Waals surface area (Å²) in [6.45, 7) is 3.91. The van der Waals surface area contributed by atoms with Gasteiger partial charge in [0.2, 0.25) is 5.91 Å². The van der Waals surface area contributed by atoms with Crippen molar-refractivity contribution in [1.29, 1.82) is 0 Å². The number of aromatic nitrogens is 1. The highest BCUT2D eigenvalue weighted by Crippen LogP contribution is 2.31. The summed E-state index contributed by atoms with van der Waals surface area (Å²) < 4.78 is 0. The third kappa shape index (κ3) is 4.50. The molecule has 0 spiro atoms. The average molecular weight is 369 g/mol. The number of carbonyl (C=O) groups is 1. The molecule has 3 rings (SSSR count). The summed E-state index contributed by atoms with van der Waals surface area (Å²) in [4.78, 5) is 19.4. The first-order valence-corrected chi connectivity index (χ1v) is 10.0. The molecular formula is C20H20N2OS2. The molecule has 128 valence electrons. The molecule has 0 aliphatic heterocycles. The fourth-order valence-corrected chi connectivity index (χ4v) is 4.11. The maximum atomic E-state index is 13.1. The van der Waals surface area contributed by atoms with Gasteiger partial charge in [-0.2, -0.15) is 0 Å². The van der Waals surface area contributed by atoms with Crippen molar-refractivity contribution >= 4 is 39.8 Å². The highest BCUT2D eigenvalue weighted by Gasteiger charge is 2.26. The van der Waals surface area contributed by atoms with Gasteiger partial charge >= 0.3 is 0 Å². The number of carbonyl (C=O) groups excluding carboxylic acids is 1. The van der Waals surface area contributed by atoms with Crippen molar-refractivity contribution in [2.75, 3.05) is 4.90 Å². The van der Waals surface area contributed by atoms with Crippen LogP contribution in [-0.4, -0.2) is 16.1 Å². The van der Waals surface area contributed by atoms with Crippen molar-refractivity contribution in [1.82, 2.24) is 4.98 Å². The summed E-state index contributed by atoms with van der Waals surface area (Å²) >= 11 is 3.15. The van der Waals surface area contributed by atoms with E-state index in [2.05, 4.69) is 17.1 Å². The zero-order chi connectivity index (χ0) is 17.6. The molecule has 0 saturated heterocycles. The van der Waals surface area contributed by atoms with Crippen LogP contribution >= 0.6 is 23.1 Å². The number of hydrogen-bond acceptors (Lipinski definition) is 4. The van der Waals surface area contributed by atoms with E-state index in [1.165, 1.54) is 16.9 Å². The lowest BCUT2D eigenvalue weighted by Gasteiger charge is -2.23. The molecule has 2 aromatic carbocycles. The molecule has 3 aromatic rings. The number of rotatable bonds is 6. The fourth-order valence-electron chi connectivity index (χ4n) is 2.40. The number of para-hydroxylation sites is 1. The number of anilines is 2. The average Bonchev–Trinajstić information content (AvgIpc) is 3.07. The fraction of sp³-hybridized carbons (Fsp3) is 0.200. The highest BCUT2D eigenvalue weighted by atomic mass is 32.2. The van der Waals surface area contributed by atoms with E-state index in [9.17, 15) is 4.79 Å². The Hall–Kier alpha value is -2.11. The standard InChI is InChI=1S/C20H20N2OS2/c1-15-13-25-20(21-15)22(18-11-7-4-8-12-18)19(23)16(2)24-14-17-9-5-3-6-10-17/h3-13,16H,14H2,1-2H3. The number of aryl methyl sites for hydroxylation is 1. The van der Waals surface area contributed by atoms with Crippen LogP contribution in [0.25, 0.3) is 0 Å². The Morgan fingerprint density at radius 3 is 2.36 bits per heavy atom. The van der Waals surface area contributed by atoms with Gasteiger partial charge in [-0.25, -0.2) is 4.98 Å². The lowest BCUT2D eigenvalue weighted by Crippen LogP contribution is -2.32. The van der Waals surface area contributed by atoms with Gasteiger partial charge in [0.1, 0.15) is 0 Å². The van der Waals surface area contributed by atoms with Gasteiger partial charge in [0, 0.05) is 11.1 Å². The molecule has 0 saturated carbocycles. The summed E-state index contributed by atoms with van der Waals surface area (Å²) in [5.41, 5.74) is 3.01. The Bertz CT molecular complexity index is 818. The molecule has 1 amide bonds. The van der Waals surface area contributed by atoms with Crippen LogP contribution < -0.4 is 4.90 Å². The third-order valence-corrected chi connectivity index (χ3v) is 5.87. The van der Waals surface area contributed by atoms with E-state index in [4.69, 9.17) is 0 Å². The molecule has 1 heterocycles. The molecule has 0 aliphatic rings. The maximum Gasteiger partial charge on any atom is 0.246 e. The number of hydrogen-bond donors (Lipinski definition) is 0. The molecular weight excluding hydrogens is 348 g/mol. The second-order valence-corrected chi connectivity index (χ2v) is 7.89. The molecule has 1 unspecified atom stereocenters. The molecule has 3 nitrogen and oxygen atoms in total. The maximum absolute atomic E-state index is 13.1. The molecule has 0 aliphatic carbocycles. The Morgan fingerprint density at radius 2 is 1.76 bits per heavy atom. The van der Waals surface area contributed by atoms with Crippen molar-refractivity contribution in [3.8, 4) is 0 Å². The second kappa shape index (κ2) is 8.32. The van der Waals surface area contributed by atoms with E-state index in [1.54, 1.807) is 16.7 Å². The van der Waals surface area contributed by atoms with Gasteiger partial charge in [-0.3, -0.25) is 9.69 Å². The molecule has 5 heteroatoms. The van der Waals surface area contributed by atoms with Crippen LogP contribution in [0.5, 0.6) is 0 Å². The summed E-state index contributed by atoms with van der Waals surface area (Å²) in [7, 11) is 0. The third-order valence-electron chi connectivity index (χ3n) is 3.72. The summed E-state index contributed by atoms with van der Waals surface area (Å²) in [6.07, 6.45) is 0. The van der Waals surface area contributed by atoms with Gasteiger partial charge in [0.15, 0.2) is 5.13 Å². The highest BCUT2D eigenvalue weighted by molar-refractivity contribution is 7.99. The number of thioether (sulfide) groups is 1. The van der Waals surface area contributed by atoms with Crippen LogP contribution in [0.3, 0.4) is 0 Å². The quantitative estimate of drug-likeness (QED) is 0.581. The predicted molar refractivity (Wildman–Crippen MR) is 108 cm³/mol. The molecule has 0 N–H and O–H groups in total. The largest absolute Gasteiger partial charge is 0.273 e. The number of nitrogens with zero attached hydrogens (tertiary/aromatic N) is 2. The first-order chi connectivity index (χ1) is 12.1. The normalized spacial score (nSPS) is 11.9. The molecule has 1 aromatic heterocycles. The summed E-state index contributed by atoms with van der Waals surface area (Å²) in [6, 6.07) is 20.0. The monoisotopic (exact) mass is 368 g/mol. The Morgan fingerprint density at radius 1 is 1.12 bits per heavy atom. The van der Waals surface area contributed by atoms with Gasteiger partial charge in [-0.05, 0) is 31.5 Å². The summed E-state index contributed by atoms with van der Waals surface area (Å²) in [5, 5.41) is 2.53. The van der Waals surface area contributed by atoms with Crippen molar-refractivity contribution < 1.29 is 4.79 Å². The van der Waals surface area contributed by atoms with Gasteiger partial charge < -0.3 is 0 Å². The minimum Gasteiger partial charge on any atom is -0.273 e. The van der Waals surface area contributed by atoms with Gasteiger partial charge in [-0.1, -0.05) is 48.5 Å². The molecule has 1 atom stereocenters. The number of thiazole rings is 1. The topological polar surface area (TPSA) is 33.2 Å². The van der Waals surface area contributed by atoms with E-state index >= 15 is 0 Å². The molecule has 0 radical (unpaired) electrons. The van der Waals surface area contributed by atoms with E-state index < -0.39 is 0 Å². The number of benzene rings is 2. The van der Waals surface area contributed by atoms with Gasteiger partial charge in [-0.15, -0.1) is 23.1 Å². The Balaban J connectivity index is 1.79. The minimum absolute atomic E-state index is 0.0569. The molecule has 0 bridgehead atoms. The zero-order valence-corrected chi connectivity index (χ0v) is 15.9. The minimum atomic E-state index is -0.162. The zero-order valence-electron chi connectivity index (χ0n) is 14.3. The predicted octanol–water partition coefficient (Wildman–Crippen LogP) is 5.44. The smallest absolute Gasteiger partial charge is 0.246 e. The molecule has 25 heavy (non-hydrogen) atoms. The van der Waals surface area contributed by atoms with Crippen LogP contribution in [0.15, 0.2) is 66.0 Å². The van der Waals surface area contributed by atoms with Gasteiger partial charge in [0.25, 0.3) is 0 Å². The Kier molecular flexibility index (Phi) is 5.89. The Labute approximate surface area is 156 Å². The van der Waals surface area contributed by atoms with Crippen LogP contribution in [-0.2, 0) is 10.5 Å². The van der Waals surface area contributed by atoms with E-state index in [0.29, 0.717) is 0 Å². The van der Waals surface area contributed by atoms with Crippen molar-refractivity contribution in [2.45, 2.75) is 24.9 Å². The van der Waals surface area contributed by atoms with Gasteiger partial charge in [0.05, 0.1) is 16.6 Å². The van der Waals surface area contributed by atoms with Crippen LogP contribution in [0.4, 0.5) is 10.8 Å². The van der Waals surface area contributed by atoms with Crippen molar-refractivity contribution in [3.05, 3.63) is 77.3 Å². The van der Waals surface area contributed by atoms with Crippen LogP contribution in [0.1, 0.15) is 18.2 Å². The van der Waals surface area contributed by atoms with Crippen LogP contribution in [0, 0.1) is 6.92 Å². The molecule has 0 fully saturated rings. The van der Waals surface area contributed by atoms with E-state index in [1.807, 2.05) is 67.8 Å². The lowest BCUT2D eigenvalue weighted by molar-refractivity contribution is -0.117.